The van der Waals surface area contributed by atoms with Gasteiger partial charge in [0.25, 0.3) is 5.91 Å². The normalized spacial score (nSPS) is 16.0. The van der Waals surface area contributed by atoms with Crippen LogP contribution in [-0.4, -0.2) is 35.0 Å². The minimum atomic E-state index is -0.797. The molecule has 1 amide bonds. The Morgan fingerprint density at radius 3 is 2.62 bits per heavy atom. The highest BCUT2D eigenvalue weighted by molar-refractivity contribution is 6.31. The summed E-state index contributed by atoms with van der Waals surface area (Å²) in [7, 11) is 0. The Balaban J connectivity index is 1.94. The number of carboxylic acids is 1. The van der Waals surface area contributed by atoms with E-state index in [1.165, 1.54) is 18.2 Å². The van der Waals surface area contributed by atoms with Gasteiger partial charge in [-0.3, -0.25) is 9.59 Å². The van der Waals surface area contributed by atoms with Gasteiger partial charge in [-0.25, -0.2) is 4.39 Å². The van der Waals surface area contributed by atoms with Gasteiger partial charge in [-0.05, 0) is 43.4 Å². The van der Waals surface area contributed by atoms with E-state index in [0.29, 0.717) is 30.5 Å². The highest BCUT2D eigenvalue weighted by Gasteiger charge is 2.25. The summed E-state index contributed by atoms with van der Waals surface area (Å²) >= 11 is 5.80. The van der Waals surface area contributed by atoms with E-state index in [1.807, 2.05) is 0 Å². The smallest absolute Gasteiger partial charge is 0.303 e. The molecule has 1 heterocycles. The molecule has 0 atom stereocenters. The predicted molar refractivity (Wildman–Crippen MR) is 76.9 cm³/mol. The zero-order valence-corrected chi connectivity index (χ0v) is 12.3. The quantitative estimate of drug-likeness (QED) is 0.928. The van der Waals surface area contributed by atoms with Gasteiger partial charge < -0.3 is 10.0 Å². The second-order valence-corrected chi connectivity index (χ2v) is 5.73. The van der Waals surface area contributed by atoms with E-state index in [2.05, 4.69) is 0 Å². The van der Waals surface area contributed by atoms with Gasteiger partial charge in [-0.15, -0.1) is 0 Å². The lowest BCUT2D eigenvalue weighted by Crippen LogP contribution is -2.39. The van der Waals surface area contributed by atoms with Crippen molar-refractivity contribution >= 4 is 23.5 Å². The number of benzene rings is 1. The number of carboxylic acid groups (broad SMARTS) is 1. The first-order chi connectivity index (χ1) is 9.97. The minimum absolute atomic E-state index is 0.00788. The van der Waals surface area contributed by atoms with Crippen LogP contribution in [-0.2, 0) is 4.79 Å². The molecule has 0 radical (unpaired) electrons. The molecule has 114 valence electrons. The lowest BCUT2D eigenvalue weighted by atomic mass is 9.92. The Hall–Kier alpha value is -1.62. The van der Waals surface area contributed by atoms with Crippen LogP contribution in [0.3, 0.4) is 0 Å². The summed E-state index contributed by atoms with van der Waals surface area (Å²) < 4.78 is 13.7. The Morgan fingerprint density at radius 2 is 2.00 bits per heavy atom. The molecule has 1 aliphatic rings. The van der Waals surface area contributed by atoms with E-state index in [0.717, 1.165) is 12.8 Å². The van der Waals surface area contributed by atoms with Crippen LogP contribution in [0, 0.1) is 11.7 Å². The van der Waals surface area contributed by atoms with Gasteiger partial charge in [0.05, 0.1) is 5.56 Å². The van der Waals surface area contributed by atoms with E-state index in [1.54, 1.807) is 4.90 Å². The minimum Gasteiger partial charge on any atom is -0.481 e. The summed E-state index contributed by atoms with van der Waals surface area (Å²) in [6, 6.07) is 3.94. The number of carbonyl (C=O) groups excluding carboxylic acids is 1. The molecule has 4 nitrogen and oxygen atoms in total. The van der Waals surface area contributed by atoms with E-state index < -0.39 is 11.8 Å². The number of likely N-dealkylation sites (tertiary alicyclic amines) is 1. The molecule has 0 bridgehead atoms. The average molecular weight is 314 g/mol. The lowest BCUT2D eigenvalue weighted by Gasteiger charge is -2.32. The fourth-order valence-corrected chi connectivity index (χ4v) is 2.76. The Kier molecular flexibility index (Phi) is 5.17. The van der Waals surface area contributed by atoms with Crippen LogP contribution in [0.1, 0.15) is 36.0 Å². The second kappa shape index (κ2) is 6.89. The van der Waals surface area contributed by atoms with Crippen LogP contribution in [0.15, 0.2) is 18.2 Å². The third kappa shape index (κ3) is 4.17. The van der Waals surface area contributed by atoms with E-state index in [-0.39, 0.29) is 17.9 Å². The highest BCUT2D eigenvalue weighted by atomic mass is 35.5. The molecule has 1 N–H and O–H groups in total. The maximum absolute atomic E-state index is 13.7. The number of hydrogen-bond donors (Lipinski definition) is 1. The third-order valence-corrected chi connectivity index (χ3v) is 4.06. The molecule has 1 aliphatic heterocycles. The van der Waals surface area contributed by atoms with Gasteiger partial charge in [0, 0.05) is 24.5 Å². The number of carbonyl (C=O) groups is 2. The molecule has 1 aromatic carbocycles. The first kappa shape index (κ1) is 15.8. The molecule has 0 unspecified atom stereocenters. The summed E-state index contributed by atoms with van der Waals surface area (Å²) in [6.07, 6.45) is 2.28. The van der Waals surface area contributed by atoms with Crippen molar-refractivity contribution in [1.29, 1.82) is 0 Å². The fraction of sp³-hybridized carbons (Fsp3) is 0.467. The van der Waals surface area contributed by atoms with Gasteiger partial charge >= 0.3 is 5.97 Å². The monoisotopic (exact) mass is 313 g/mol. The molecule has 1 aromatic rings. The molecule has 1 saturated heterocycles. The SMILES string of the molecule is O=C(O)CCC1CCN(C(=O)c2cc(Cl)ccc2F)CC1. The maximum atomic E-state index is 13.7. The zero-order valence-electron chi connectivity index (χ0n) is 11.5. The van der Waals surface area contributed by atoms with Crippen LogP contribution in [0.2, 0.25) is 5.02 Å². The van der Waals surface area contributed by atoms with Crippen LogP contribution >= 0.6 is 11.6 Å². The molecule has 0 spiro atoms. The number of hydrogen-bond acceptors (Lipinski definition) is 2. The molecule has 0 saturated carbocycles. The van der Waals surface area contributed by atoms with Crippen molar-refractivity contribution in [2.75, 3.05) is 13.1 Å². The average Bonchev–Trinajstić information content (AvgIpc) is 2.47. The molecule has 6 heteroatoms. The summed E-state index contributed by atoms with van der Waals surface area (Å²) in [4.78, 5) is 24.4. The molecular formula is C15H17ClFNO3. The van der Waals surface area contributed by atoms with Gasteiger partial charge in [0.1, 0.15) is 5.82 Å². The Labute approximate surface area is 127 Å². The Morgan fingerprint density at radius 1 is 1.33 bits per heavy atom. The van der Waals surface area contributed by atoms with Gasteiger partial charge in [-0.1, -0.05) is 11.6 Å². The van der Waals surface area contributed by atoms with E-state index in [9.17, 15) is 14.0 Å². The Bertz CT molecular complexity index is 542. The molecule has 1 fully saturated rings. The number of piperidine rings is 1. The lowest BCUT2D eigenvalue weighted by molar-refractivity contribution is -0.137. The number of halogens is 2. The molecule has 2 rings (SSSR count). The molecule has 0 aromatic heterocycles. The number of aliphatic carboxylic acids is 1. The van der Waals surface area contributed by atoms with Crippen LogP contribution in [0.25, 0.3) is 0 Å². The highest BCUT2D eigenvalue weighted by Crippen LogP contribution is 2.24. The standard InChI is InChI=1S/C15H17ClFNO3/c16-11-2-3-13(17)12(9-11)15(21)18-7-5-10(6-8-18)1-4-14(19)20/h2-3,9-10H,1,4-8H2,(H,19,20). The van der Waals surface area contributed by atoms with Crippen LogP contribution in [0.5, 0.6) is 0 Å². The second-order valence-electron chi connectivity index (χ2n) is 5.29. The molecular weight excluding hydrogens is 297 g/mol. The van der Waals surface area contributed by atoms with Gasteiger partial charge in [0.2, 0.25) is 0 Å². The first-order valence-corrected chi connectivity index (χ1v) is 7.31. The van der Waals surface area contributed by atoms with Crippen molar-refractivity contribution in [2.45, 2.75) is 25.7 Å². The largest absolute Gasteiger partial charge is 0.481 e. The van der Waals surface area contributed by atoms with Crippen molar-refractivity contribution in [3.63, 3.8) is 0 Å². The van der Waals surface area contributed by atoms with Crippen molar-refractivity contribution < 1.29 is 19.1 Å². The van der Waals surface area contributed by atoms with E-state index in [4.69, 9.17) is 16.7 Å². The summed E-state index contributed by atoms with van der Waals surface area (Å²) in [5.41, 5.74) is -0.00788. The van der Waals surface area contributed by atoms with Crippen molar-refractivity contribution in [3.05, 3.63) is 34.6 Å². The summed E-state index contributed by atoms with van der Waals surface area (Å²) in [6.45, 7) is 1.05. The van der Waals surface area contributed by atoms with Crippen molar-refractivity contribution in [3.8, 4) is 0 Å². The number of nitrogens with zero attached hydrogens (tertiary/aromatic N) is 1. The van der Waals surface area contributed by atoms with Gasteiger partial charge in [0.15, 0.2) is 0 Å². The van der Waals surface area contributed by atoms with Crippen molar-refractivity contribution in [1.82, 2.24) is 4.90 Å². The van der Waals surface area contributed by atoms with Gasteiger partial charge in [-0.2, -0.15) is 0 Å². The molecule has 0 aliphatic carbocycles. The maximum Gasteiger partial charge on any atom is 0.303 e. The third-order valence-electron chi connectivity index (χ3n) is 3.83. The molecule has 21 heavy (non-hydrogen) atoms. The fourth-order valence-electron chi connectivity index (χ4n) is 2.58. The van der Waals surface area contributed by atoms with Crippen molar-refractivity contribution in [2.24, 2.45) is 5.92 Å². The van der Waals surface area contributed by atoms with E-state index >= 15 is 0 Å². The topological polar surface area (TPSA) is 57.6 Å². The number of amides is 1. The zero-order chi connectivity index (χ0) is 15.4. The van der Waals surface area contributed by atoms with Crippen LogP contribution < -0.4 is 0 Å². The van der Waals surface area contributed by atoms with Crippen LogP contribution in [0.4, 0.5) is 4.39 Å². The summed E-state index contributed by atoms with van der Waals surface area (Å²) in [5, 5.41) is 9.00. The predicted octanol–water partition coefficient (Wildman–Crippen LogP) is 3.20. The summed E-state index contributed by atoms with van der Waals surface area (Å²) in [5.74, 6) is -1.41. The number of rotatable bonds is 4. The first-order valence-electron chi connectivity index (χ1n) is 6.93.